The van der Waals surface area contributed by atoms with Gasteiger partial charge >= 0.3 is 0 Å². The molecule has 1 atom stereocenters. The van der Waals surface area contributed by atoms with Crippen LogP contribution >= 0.6 is 0 Å². The van der Waals surface area contributed by atoms with Crippen LogP contribution in [0.2, 0.25) is 0 Å². The van der Waals surface area contributed by atoms with Gasteiger partial charge in [-0.25, -0.2) is 0 Å². The Morgan fingerprint density at radius 3 is 2.19 bits per heavy atom. The molecule has 0 heterocycles. The summed E-state index contributed by atoms with van der Waals surface area (Å²) < 4.78 is 0.963. The van der Waals surface area contributed by atoms with Crippen molar-refractivity contribution in [1.29, 1.82) is 0 Å². The molecule has 0 amide bonds. The summed E-state index contributed by atoms with van der Waals surface area (Å²) in [5.41, 5.74) is 1.42. The van der Waals surface area contributed by atoms with Crippen LogP contribution in [0.4, 0.5) is 0 Å². The summed E-state index contributed by atoms with van der Waals surface area (Å²) in [6, 6.07) is 11.3. The SMILES string of the molecule is C=CC[N+](C)(C)C(c1ccccc1)C(C)C. The van der Waals surface area contributed by atoms with E-state index < -0.39 is 0 Å². The Bertz CT molecular complexity index is 325. The Morgan fingerprint density at radius 2 is 1.75 bits per heavy atom. The van der Waals surface area contributed by atoms with Crippen molar-refractivity contribution in [2.45, 2.75) is 19.9 Å². The topological polar surface area (TPSA) is 0 Å². The van der Waals surface area contributed by atoms with E-state index in [2.05, 4.69) is 64.9 Å². The van der Waals surface area contributed by atoms with E-state index in [-0.39, 0.29) is 0 Å². The van der Waals surface area contributed by atoms with Gasteiger partial charge in [0.1, 0.15) is 6.04 Å². The molecule has 88 valence electrons. The average molecular weight is 218 g/mol. The van der Waals surface area contributed by atoms with E-state index in [1.165, 1.54) is 5.56 Å². The second kappa shape index (κ2) is 5.31. The fourth-order valence-corrected chi connectivity index (χ4v) is 2.69. The van der Waals surface area contributed by atoms with Crippen LogP contribution in [0.25, 0.3) is 0 Å². The maximum atomic E-state index is 3.87. The highest BCUT2D eigenvalue weighted by atomic mass is 15.3. The molecule has 0 aliphatic rings. The summed E-state index contributed by atoms with van der Waals surface area (Å²) in [5.74, 6) is 0.623. The fourth-order valence-electron chi connectivity index (χ4n) is 2.69. The lowest BCUT2D eigenvalue weighted by atomic mass is 9.93. The van der Waals surface area contributed by atoms with Gasteiger partial charge in [0.25, 0.3) is 0 Å². The zero-order valence-corrected chi connectivity index (χ0v) is 11.0. The Kier molecular flexibility index (Phi) is 4.31. The van der Waals surface area contributed by atoms with Gasteiger partial charge in [0.15, 0.2) is 0 Å². The molecule has 1 aromatic rings. The highest BCUT2D eigenvalue weighted by Crippen LogP contribution is 2.31. The highest BCUT2D eigenvalue weighted by molar-refractivity contribution is 5.18. The molecule has 0 aliphatic carbocycles. The minimum Gasteiger partial charge on any atom is -0.319 e. The quantitative estimate of drug-likeness (QED) is 0.523. The number of likely N-dealkylation sites (N-methyl/N-ethyl adjacent to an activating group) is 1. The van der Waals surface area contributed by atoms with Gasteiger partial charge in [0.2, 0.25) is 0 Å². The largest absolute Gasteiger partial charge is 0.319 e. The molecule has 0 fully saturated rings. The van der Waals surface area contributed by atoms with Crippen LogP contribution in [-0.2, 0) is 0 Å². The van der Waals surface area contributed by atoms with Crippen molar-refractivity contribution in [3.8, 4) is 0 Å². The molecule has 0 saturated carbocycles. The molecule has 0 radical (unpaired) electrons. The zero-order chi connectivity index (χ0) is 12.2. The molecule has 1 unspecified atom stereocenters. The van der Waals surface area contributed by atoms with Crippen molar-refractivity contribution < 1.29 is 4.48 Å². The van der Waals surface area contributed by atoms with Crippen LogP contribution in [0, 0.1) is 5.92 Å². The van der Waals surface area contributed by atoms with E-state index in [0.717, 1.165) is 11.0 Å². The molecule has 1 nitrogen and oxygen atoms in total. The second-order valence-corrected chi connectivity index (χ2v) is 5.35. The maximum absolute atomic E-state index is 3.87. The molecular formula is C15H24N+. The van der Waals surface area contributed by atoms with Gasteiger partial charge in [-0.15, -0.1) is 0 Å². The molecular weight excluding hydrogens is 194 g/mol. The van der Waals surface area contributed by atoms with Crippen LogP contribution in [0.5, 0.6) is 0 Å². The van der Waals surface area contributed by atoms with Crippen molar-refractivity contribution in [1.82, 2.24) is 0 Å². The van der Waals surface area contributed by atoms with Crippen LogP contribution in [0.15, 0.2) is 43.0 Å². The third kappa shape index (κ3) is 2.96. The Hall–Kier alpha value is -1.08. The number of hydrogen-bond acceptors (Lipinski definition) is 0. The van der Waals surface area contributed by atoms with E-state index in [4.69, 9.17) is 0 Å². The van der Waals surface area contributed by atoms with E-state index >= 15 is 0 Å². The first-order chi connectivity index (χ1) is 7.49. The first-order valence-electron chi connectivity index (χ1n) is 5.97. The van der Waals surface area contributed by atoms with Gasteiger partial charge < -0.3 is 4.48 Å². The van der Waals surface area contributed by atoms with Crippen molar-refractivity contribution >= 4 is 0 Å². The van der Waals surface area contributed by atoms with E-state index in [9.17, 15) is 0 Å². The molecule has 0 saturated heterocycles. The molecule has 1 heteroatoms. The number of rotatable bonds is 5. The van der Waals surface area contributed by atoms with Crippen molar-refractivity contribution in [3.63, 3.8) is 0 Å². The Morgan fingerprint density at radius 1 is 1.19 bits per heavy atom. The third-order valence-corrected chi connectivity index (χ3v) is 3.13. The molecule has 0 spiro atoms. The second-order valence-electron chi connectivity index (χ2n) is 5.35. The third-order valence-electron chi connectivity index (χ3n) is 3.13. The Balaban J connectivity index is 3.05. The Labute approximate surface area is 100.0 Å². The smallest absolute Gasteiger partial charge is 0.117 e. The summed E-state index contributed by atoms with van der Waals surface area (Å²) >= 11 is 0. The molecule has 0 bridgehead atoms. The molecule has 1 rings (SSSR count). The molecule has 0 aliphatic heterocycles. The molecule has 1 aromatic carbocycles. The van der Waals surface area contributed by atoms with Gasteiger partial charge in [-0.3, -0.25) is 0 Å². The highest BCUT2D eigenvalue weighted by Gasteiger charge is 2.31. The van der Waals surface area contributed by atoms with Crippen LogP contribution in [-0.4, -0.2) is 25.1 Å². The zero-order valence-electron chi connectivity index (χ0n) is 11.0. The van der Waals surface area contributed by atoms with Crippen LogP contribution in [0.1, 0.15) is 25.5 Å². The number of quaternary nitrogens is 1. The minimum atomic E-state index is 0.527. The monoisotopic (exact) mass is 218 g/mol. The molecule has 0 aromatic heterocycles. The van der Waals surface area contributed by atoms with Crippen molar-refractivity contribution in [2.75, 3.05) is 20.6 Å². The van der Waals surface area contributed by atoms with Gasteiger partial charge in [-0.05, 0) is 6.08 Å². The van der Waals surface area contributed by atoms with E-state index in [0.29, 0.717) is 12.0 Å². The normalized spacial score (nSPS) is 13.8. The van der Waals surface area contributed by atoms with Gasteiger partial charge in [0.05, 0.1) is 20.6 Å². The first-order valence-corrected chi connectivity index (χ1v) is 5.97. The number of hydrogen-bond donors (Lipinski definition) is 0. The van der Waals surface area contributed by atoms with Crippen LogP contribution < -0.4 is 0 Å². The average Bonchev–Trinajstić information content (AvgIpc) is 2.17. The lowest BCUT2D eigenvalue weighted by Gasteiger charge is -2.40. The predicted octanol–water partition coefficient (Wildman–Crippen LogP) is 3.65. The molecule has 0 N–H and O–H groups in total. The van der Waals surface area contributed by atoms with Gasteiger partial charge in [0, 0.05) is 11.5 Å². The minimum absolute atomic E-state index is 0.527. The fraction of sp³-hybridized carbons (Fsp3) is 0.467. The predicted molar refractivity (Wildman–Crippen MR) is 71.2 cm³/mol. The van der Waals surface area contributed by atoms with Crippen molar-refractivity contribution in [3.05, 3.63) is 48.6 Å². The molecule has 16 heavy (non-hydrogen) atoms. The lowest BCUT2D eigenvalue weighted by molar-refractivity contribution is -0.919. The number of benzene rings is 1. The van der Waals surface area contributed by atoms with Gasteiger partial charge in [-0.1, -0.05) is 50.8 Å². The summed E-state index contributed by atoms with van der Waals surface area (Å²) in [4.78, 5) is 0. The summed E-state index contributed by atoms with van der Waals surface area (Å²) in [7, 11) is 4.55. The summed E-state index contributed by atoms with van der Waals surface area (Å²) in [6.45, 7) is 9.45. The summed E-state index contributed by atoms with van der Waals surface area (Å²) in [6.07, 6.45) is 2.01. The first kappa shape index (κ1) is 13.0. The standard InChI is InChI=1S/C15H24N/c1-6-12-16(4,5)15(13(2)3)14-10-8-7-9-11-14/h6-11,13,15H,1,12H2,2-5H3/q+1. The van der Waals surface area contributed by atoms with Crippen molar-refractivity contribution in [2.24, 2.45) is 5.92 Å². The lowest BCUT2D eigenvalue weighted by Crippen LogP contribution is -2.45. The van der Waals surface area contributed by atoms with Gasteiger partial charge in [-0.2, -0.15) is 0 Å². The summed E-state index contributed by atoms with van der Waals surface area (Å²) in [5, 5.41) is 0. The number of nitrogens with zero attached hydrogens (tertiary/aromatic N) is 1. The van der Waals surface area contributed by atoms with E-state index in [1.54, 1.807) is 0 Å². The van der Waals surface area contributed by atoms with Crippen LogP contribution in [0.3, 0.4) is 0 Å². The van der Waals surface area contributed by atoms with E-state index in [1.807, 2.05) is 6.08 Å². The maximum Gasteiger partial charge on any atom is 0.117 e.